The van der Waals surface area contributed by atoms with Gasteiger partial charge in [0.1, 0.15) is 5.69 Å². The Balaban J connectivity index is 2.47. The monoisotopic (exact) mass is 237 g/mol. The number of hydrogen-bond acceptors (Lipinski definition) is 1. The van der Waals surface area contributed by atoms with Crippen molar-refractivity contribution in [2.75, 3.05) is 0 Å². The summed E-state index contributed by atoms with van der Waals surface area (Å²) in [5.41, 5.74) is 1.43. The molecule has 0 saturated carbocycles. The second-order valence-electron chi connectivity index (χ2n) is 3.80. The van der Waals surface area contributed by atoms with Crippen LogP contribution in [-0.2, 0) is 6.18 Å². The lowest BCUT2D eigenvalue weighted by molar-refractivity contribution is -0.141. The minimum atomic E-state index is -4.40. The van der Waals surface area contributed by atoms with Crippen molar-refractivity contribution in [1.29, 1.82) is 0 Å². The third kappa shape index (κ3) is 2.64. The molecule has 0 bridgehead atoms. The van der Waals surface area contributed by atoms with Crippen LogP contribution in [0.25, 0.3) is 11.1 Å². The van der Waals surface area contributed by atoms with E-state index in [0.717, 1.165) is 17.2 Å². The normalized spacial score (nSPS) is 11.5. The molecule has 17 heavy (non-hydrogen) atoms. The molecule has 88 valence electrons. The fourth-order valence-corrected chi connectivity index (χ4v) is 1.59. The molecule has 0 unspecified atom stereocenters. The molecule has 1 aromatic carbocycles. The summed E-state index contributed by atoms with van der Waals surface area (Å²) in [6.07, 6.45) is -3.22. The average molecular weight is 237 g/mol. The van der Waals surface area contributed by atoms with Crippen LogP contribution in [0.15, 0.2) is 42.6 Å². The molecule has 0 aliphatic rings. The molecule has 2 aromatic rings. The van der Waals surface area contributed by atoms with Crippen molar-refractivity contribution >= 4 is 0 Å². The van der Waals surface area contributed by atoms with Crippen LogP contribution in [0.5, 0.6) is 0 Å². The number of rotatable bonds is 1. The van der Waals surface area contributed by atoms with Gasteiger partial charge in [-0.15, -0.1) is 0 Å². The number of aryl methyl sites for hydroxylation is 1. The van der Waals surface area contributed by atoms with E-state index >= 15 is 0 Å². The summed E-state index contributed by atoms with van der Waals surface area (Å²) in [4.78, 5) is 3.33. The second-order valence-corrected chi connectivity index (χ2v) is 3.80. The average Bonchev–Trinajstić information content (AvgIpc) is 2.28. The lowest BCUT2D eigenvalue weighted by Gasteiger charge is -2.08. The van der Waals surface area contributed by atoms with E-state index in [1.165, 1.54) is 6.20 Å². The number of halogens is 3. The van der Waals surface area contributed by atoms with Crippen molar-refractivity contribution < 1.29 is 13.2 Å². The Labute approximate surface area is 96.9 Å². The molecular formula is C13H10F3N. The molecule has 0 fully saturated rings. The van der Waals surface area contributed by atoms with Gasteiger partial charge in [0, 0.05) is 6.20 Å². The van der Waals surface area contributed by atoms with Crippen LogP contribution in [0.2, 0.25) is 0 Å². The fourth-order valence-electron chi connectivity index (χ4n) is 1.59. The molecule has 1 nitrogen and oxygen atoms in total. The van der Waals surface area contributed by atoms with E-state index < -0.39 is 11.9 Å². The molecular weight excluding hydrogens is 227 g/mol. The van der Waals surface area contributed by atoms with Gasteiger partial charge in [-0.05, 0) is 30.2 Å². The van der Waals surface area contributed by atoms with Crippen molar-refractivity contribution in [2.24, 2.45) is 0 Å². The Morgan fingerprint density at radius 3 is 2.35 bits per heavy atom. The summed E-state index contributed by atoms with van der Waals surface area (Å²) in [7, 11) is 0. The Kier molecular flexibility index (Phi) is 2.88. The largest absolute Gasteiger partial charge is 0.433 e. The summed E-state index contributed by atoms with van der Waals surface area (Å²) in [6, 6.07) is 9.98. The predicted octanol–water partition coefficient (Wildman–Crippen LogP) is 4.08. The lowest BCUT2D eigenvalue weighted by atomic mass is 10.0. The number of aromatic nitrogens is 1. The highest BCUT2D eigenvalue weighted by Crippen LogP contribution is 2.30. The smallest absolute Gasteiger partial charge is 0.252 e. The van der Waals surface area contributed by atoms with E-state index in [9.17, 15) is 13.2 Å². The van der Waals surface area contributed by atoms with E-state index in [-0.39, 0.29) is 0 Å². The van der Waals surface area contributed by atoms with Gasteiger partial charge in [0.25, 0.3) is 0 Å². The Hall–Kier alpha value is -1.84. The second kappa shape index (κ2) is 4.20. The molecule has 0 atom stereocenters. The van der Waals surface area contributed by atoms with Gasteiger partial charge in [-0.25, -0.2) is 0 Å². The van der Waals surface area contributed by atoms with Crippen LogP contribution >= 0.6 is 0 Å². The van der Waals surface area contributed by atoms with Crippen molar-refractivity contribution in [3.8, 4) is 11.1 Å². The maximum atomic E-state index is 12.5. The van der Waals surface area contributed by atoms with Crippen molar-refractivity contribution in [3.63, 3.8) is 0 Å². The predicted molar refractivity (Wildman–Crippen MR) is 59.4 cm³/mol. The molecule has 0 aliphatic heterocycles. The summed E-state index contributed by atoms with van der Waals surface area (Å²) < 4.78 is 37.5. The highest BCUT2D eigenvalue weighted by Gasteiger charge is 2.32. The summed E-state index contributed by atoms with van der Waals surface area (Å²) in [5, 5.41) is 0. The molecule has 0 radical (unpaired) electrons. The molecule has 0 spiro atoms. The van der Waals surface area contributed by atoms with Crippen molar-refractivity contribution in [1.82, 2.24) is 4.98 Å². The highest BCUT2D eigenvalue weighted by molar-refractivity contribution is 5.64. The van der Waals surface area contributed by atoms with Crippen LogP contribution in [0, 0.1) is 6.92 Å². The third-order valence-corrected chi connectivity index (χ3v) is 2.40. The van der Waals surface area contributed by atoms with Crippen molar-refractivity contribution in [2.45, 2.75) is 13.1 Å². The van der Waals surface area contributed by atoms with E-state index in [1.54, 1.807) is 12.1 Å². The number of hydrogen-bond donors (Lipinski definition) is 0. The first-order chi connectivity index (χ1) is 7.97. The Morgan fingerprint density at radius 2 is 1.71 bits per heavy atom. The summed E-state index contributed by atoms with van der Waals surface area (Å²) in [6.45, 7) is 1.90. The van der Waals surface area contributed by atoms with Crippen LogP contribution in [0.3, 0.4) is 0 Å². The van der Waals surface area contributed by atoms with Crippen LogP contribution < -0.4 is 0 Å². The number of benzene rings is 1. The van der Waals surface area contributed by atoms with E-state index in [1.807, 2.05) is 25.1 Å². The zero-order valence-corrected chi connectivity index (χ0v) is 9.12. The molecule has 4 heteroatoms. The molecule has 0 N–H and O–H groups in total. The highest BCUT2D eigenvalue weighted by atomic mass is 19.4. The van der Waals surface area contributed by atoms with Gasteiger partial charge in [-0.2, -0.15) is 13.2 Å². The number of alkyl halides is 3. The van der Waals surface area contributed by atoms with Gasteiger partial charge >= 0.3 is 6.18 Å². The molecule has 0 aliphatic carbocycles. The maximum absolute atomic E-state index is 12.5. The third-order valence-electron chi connectivity index (χ3n) is 2.40. The number of pyridine rings is 1. The molecule has 1 aromatic heterocycles. The lowest BCUT2D eigenvalue weighted by Crippen LogP contribution is -2.07. The minimum absolute atomic E-state index is 0.524. The zero-order valence-electron chi connectivity index (χ0n) is 9.12. The minimum Gasteiger partial charge on any atom is -0.252 e. The first-order valence-corrected chi connectivity index (χ1v) is 5.07. The first-order valence-electron chi connectivity index (χ1n) is 5.07. The molecule has 2 rings (SSSR count). The van der Waals surface area contributed by atoms with Crippen LogP contribution in [0.1, 0.15) is 11.3 Å². The molecule has 0 saturated heterocycles. The van der Waals surface area contributed by atoms with Crippen molar-refractivity contribution in [3.05, 3.63) is 53.9 Å². The number of nitrogens with zero attached hydrogens (tertiary/aromatic N) is 1. The topological polar surface area (TPSA) is 12.9 Å². The van der Waals surface area contributed by atoms with E-state index in [2.05, 4.69) is 4.98 Å². The van der Waals surface area contributed by atoms with Gasteiger partial charge in [0.05, 0.1) is 0 Å². The van der Waals surface area contributed by atoms with Gasteiger partial charge in [0.2, 0.25) is 0 Å². The van der Waals surface area contributed by atoms with Gasteiger partial charge in [0.15, 0.2) is 0 Å². The van der Waals surface area contributed by atoms with Gasteiger partial charge < -0.3 is 0 Å². The zero-order chi connectivity index (χ0) is 12.5. The summed E-state index contributed by atoms with van der Waals surface area (Å²) in [5.74, 6) is 0. The molecule has 0 amide bonds. The molecule has 1 heterocycles. The standard InChI is InChI=1S/C13H10F3N/c1-9-3-2-4-10(7-9)11-5-6-17-12(8-11)13(14,15)16/h2-8H,1H3. The Morgan fingerprint density at radius 1 is 1.00 bits per heavy atom. The quantitative estimate of drug-likeness (QED) is 0.728. The summed E-state index contributed by atoms with van der Waals surface area (Å²) >= 11 is 0. The first kappa shape index (κ1) is 11.6. The van der Waals surface area contributed by atoms with Gasteiger partial charge in [-0.1, -0.05) is 29.8 Å². The van der Waals surface area contributed by atoms with Gasteiger partial charge in [-0.3, -0.25) is 4.98 Å². The SMILES string of the molecule is Cc1cccc(-c2ccnc(C(F)(F)F)c2)c1. The van der Waals surface area contributed by atoms with E-state index in [0.29, 0.717) is 5.56 Å². The van der Waals surface area contributed by atoms with Crippen LogP contribution in [-0.4, -0.2) is 4.98 Å². The fraction of sp³-hybridized carbons (Fsp3) is 0.154. The Bertz CT molecular complexity index is 532. The van der Waals surface area contributed by atoms with E-state index in [4.69, 9.17) is 0 Å². The van der Waals surface area contributed by atoms with Crippen LogP contribution in [0.4, 0.5) is 13.2 Å². The maximum Gasteiger partial charge on any atom is 0.433 e.